The molecule has 0 aliphatic carbocycles. The van der Waals surface area contributed by atoms with Crippen LogP contribution in [0.15, 0.2) is 0 Å². The standard InChI is InChI=1S/C4H12P.C3H6O2/c1-5(2,3)4;1-2-3(4)5/h1-4H3;2H2,1H3,(H,4,5)/q+1;. The van der Waals surface area contributed by atoms with Crippen LogP contribution in [-0.2, 0) is 4.79 Å². The molecule has 3 heteroatoms. The maximum Gasteiger partial charge on any atom is 0.303 e. The normalized spacial score (nSPS) is 9.70. The Labute approximate surface area is 64.0 Å². The van der Waals surface area contributed by atoms with E-state index in [9.17, 15) is 4.79 Å². The molecule has 1 N–H and O–H groups in total. The third-order valence-electron chi connectivity index (χ3n) is 0.302. The molecular weight excluding hydrogens is 147 g/mol. The summed E-state index contributed by atoms with van der Waals surface area (Å²) in [6.45, 7) is 10.8. The van der Waals surface area contributed by atoms with Gasteiger partial charge in [0, 0.05) is 40.3 Å². The first-order chi connectivity index (χ1) is 4.27. The first kappa shape index (κ1) is 12.6. The lowest BCUT2D eigenvalue weighted by Crippen LogP contribution is -1.86. The van der Waals surface area contributed by atoms with Gasteiger partial charge in [-0.05, 0) is 0 Å². The highest BCUT2D eigenvalue weighted by atomic mass is 31.2. The molecule has 0 saturated heterocycles. The molecule has 0 unspecified atom stereocenters. The molecule has 0 amide bonds. The summed E-state index contributed by atoms with van der Waals surface area (Å²) in [7, 11) is -0.389. The van der Waals surface area contributed by atoms with Gasteiger partial charge in [0.15, 0.2) is 0 Å². The molecule has 0 fully saturated rings. The van der Waals surface area contributed by atoms with Crippen LogP contribution in [0.2, 0.25) is 0 Å². The van der Waals surface area contributed by atoms with Crippen LogP contribution in [0.5, 0.6) is 0 Å². The Kier molecular flexibility index (Phi) is 7.12. The van der Waals surface area contributed by atoms with Crippen LogP contribution in [-0.4, -0.2) is 37.7 Å². The lowest BCUT2D eigenvalue weighted by molar-refractivity contribution is -0.136. The third kappa shape index (κ3) is 104. The van der Waals surface area contributed by atoms with Crippen molar-refractivity contribution in [3.8, 4) is 0 Å². The average Bonchev–Trinajstić information content (AvgIpc) is 1.61. The highest BCUT2D eigenvalue weighted by molar-refractivity contribution is 7.72. The van der Waals surface area contributed by atoms with Crippen molar-refractivity contribution >= 4 is 13.2 Å². The SMILES string of the molecule is CCC(=O)O.C[P+](C)(C)C. The molecule has 0 aromatic carbocycles. The molecule has 0 rings (SSSR count). The molecule has 0 aliphatic rings. The van der Waals surface area contributed by atoms with E-state index in [4.69, 9.17) is 5.11 Å². The van der Waals surface area contributed by atoms with Gasteiger partial charge in [-0.3, -0.25) is 4.79 Å². The third-order valence-corrected chi connectivity index (χ3v) is 0.302. The van der Waals surface area contributed by atoms with E-state index >= 15 is 0 Å². The number of carboxylic acid groups (broad SMARTS) is 1. The van der Waals surface area contributed by atoms with Gasteiger partial charge in [0.25, 0.3) is 0 Å². The van der Waals surface area contributed by atoms with Crippen LogP contribution in [0.1, 0.15) is 13.3 Å². The number of hydrogen-bond acceptors (Lipinski definition) is 1. The summed E-state index contributed by atoms with van der Waals surface area (Å²) in [4.78, 5) is 9.37. The van der Waals surface area contributed by atoms with Gasteiger partial charge in [-0.15, -0.1) is 0 Å². The smallest absolute Gasteiger partial charge is 0.303 e. The van der Waals surface area contributed by atoms with Gasteiger partial charge < -0.3 is 5.11 Å². The van der Waals surface area contributed by atoms with E-state index in [-0.39, 0.29) is 13.7 Å². The van der Waals surface area contributed by atoms with Gasteiger partial charge in [0.1, 0.15) is 0 Å². The molecule has 0 aromatic heterocycles. The maximum atomic E-state index is 9.37. The van der Waals surface area contributed by atoms with Crippen molar-refractivity contribution in [2.24, 2.45) is 0 Å². The van der Waals surface area contributed by atoms with Crippen molar-refractivity contribution < 1.29 is 9.90 Å². The van der Waals surface area contributed by atoms with E-state index < -0.39 is 5.97 Å². The Morgan fingerprint density at radius 1 is 1.30 bits per heavy atom. The molecule has 0 radical (unpaired) electrons. The van der Waals surface area contributed by atoms with E-state index in [2.05, 4.69) is 26.7 Å². The van der Waals surface area contributed by atoms with E-state index in [1.54, 1.807) is 6.92 Å². The first-order valence-electron chi connectivity index (χ1n) is 3.28. The van der Waals surface area contributed by atoms with Crippen LogP contribution >= 0.6 is 7.26 Å². The number of carboxylic acids is 1. The van der Waals surface area contributed by atoms with E-state index in [0.717, 1.165) is 0 Å². The van der Waals surface area contributed by atoms with Crippen LogP contribution < -0.4 is 0 Å². The highest BCUT2D eigenvalue weighted by Crippen LogP contribution is 2.40. The van der Waals surface area contributed by atoms with Crippen molar-refractivity contribution in [3.05, 3.63) is 0 Å². The summed E-state index contributed by atoms with van der Waals surface area (Å²) in [6.07, 6.45) is 0.222. The molecule has 0 spiro atoms. The molecule has 0 atom stereocenters. The number of carbonyl (C=O) groups is 1. The van der Waals surface area contributed by atoms with Gasteiger partial charge in [-0.1, -0.05) is 6.92 Å². The van der Waals surface area contributed by atoms with Crippen molar-refractivity contribution in [2.75, 3.05) is 26.7 Å². The second-order valence-electron chi connectivity index (χ2n) is 3.43. The van der Waals surface area contributed by atoms with E-state index in [1.807, 2.05) is 0 Å². The summed E-state index contributed by atoms with van der Waals surface area (Å²) < 4.78 is 0. The predicted molar refractivity (Wildman–Crippen MR) is 48.5 cm³/mol. The number of rotatable bonds is 1. The highest BCUT2D eigenvalue weighted by Gasteiger charge is 2.03. The fourth-order valence-electron chi connectivity index (χ4n) is 0. The molecular formula is C7H18O2P+. The van der Waals surface area contributed by atoms with Crippen LogP contribution in [0.25, 0.3) is 0 Å². The summed E-state index contributed by atoms with van der Waals surface area (Å²) in [5.74, 6) is -0.745. The topological polar surface area (TPSA) is 37.3 Å². The minimum atomic E-state index is -0.745. The zero-order valence-corrected chi connectivity index (χ0v) is 8.40. The predicted octanol–water partition coefficient (Wildman–Crippen LogP) is 2.00. The van der Waals surface area contributed by atoms with Gasteiger partial charge in [0.2, 0.25) is 0 Å². The average molecular weight is 165 g/mol. The Bertz CT molecular complexity index is 88.3. The van der Waals surface area contributed by atoms with Crippen molar-refractivity contribution in [1.29, 1.82) is 0 Å². The fraction of sp³-hybridized carbons (Fsp3) is 0.857. The van der Waals surface area contributed by atoms with E-state index in [1.165, 1.54) is 0 Å². The van der Waals surface area contributed by atoms with E-state index in [0.29, 0.717) is 0 Å². The maximum absolute atomic E-state index is 9.37. The molecule has 62 valence electrons. The minimum Gasteiger partial charge on any atom is -0.481 e. The molecule has 10 heavy (non-hydrogen) atoms. The molecule has 0 heterocycles. The molecule has 0 bridgehead atoms. The fourth-order valence-corrected chi connectivity index (χ4v) is 0. The summed E-state index contributed by atoms with van der Waals surface area (Å²) in [5.41, 5.74) is 0. The van der Waals surface area contributed by atoms with Gasteiger partial charge in [0.05, 0.1) is 0 Å². The van der Waals surface area contributed by atoms with Gasteiger partial charge in [-0.2, -0.15) is 0 Å². The Morgan fingerprint density at radius 2 is 1.40 bits per heavy atom. The minimum absolute atomic E-state index is 0.222. The summed E-state index contributed by atoms with van der Waals surface area (Å²) in [6, 6.07) is 0. The zero-order chi connectivity index (χ0) is 8.78. The number of hydrogen-bond donors (Lipinski definition) is 1. The second kappa shape index (κ2) is 5.67. The molecule has 2 nitrogen and oxygen atoms in total. The Balaban J connectivity index is 0. The summed E-state index contributed by atoms with van der Waals surface area (Å²) >= 11 is 0. The first-order valence-corrected chi connectivity index (χ1v) is 6.85. The number of aliphatic carboxylic acids is 1. The lowest BCUT2D eigenvalue weighted by Gasteiger charge is -1.97. The second-order valence-corrected chi connectivity index (χ2v) is 8.80. The quantitative estimate of drug-likeness (QED) is 0.603. The largest absolute Gasteiger partial charge is 0.481 e. The molecule has 0 aliphatic heterocycles. The molecule has 0 aromatic rings. The monoisotopic (exact) mass is 165 g/mol. The van der Waals surface area contributed by atoms with Crippen LogP contribution in [0, 0.1) is 0 Å². The van der Waals surface area contributed by atoms with Gasteiger partial charge >= 0.3 is 5.97 Å². The van der Waals surface area contributed by atoms with Crippen LogP contribution in [0.3, 0.4) is 0 Å². The lowest BCUT2D eigenvalue weighted by atomic mass is 10.5. The van der Waals surface area contributed by atoms with Crippen molar-refractivity contribution in [1.82, 2.24) is 0 Å². The van der Waals surface area contributed by atoms with Crippen LogP contribution in [0.4, 0.5) is 0 Å². The van der Waals surface area contributed by atoms with Crippen molar-refractivity contribution in [3.63, 3.8) is 0 Å². The zero-order valence-electron chi connectivity index (χ0n) is 7.51. The van der Waals surface area contributed by atoms with Crippen molar-refractivity contribution in [2.45, 2.75) is 13.3 Å². The Morgan fingerprint density at radius 3 is 1.40 bits per heavy atom. The summed E-state index contributed by atoms with van der Waals surface area (Å²) in [5, 5.41) is 7.72. The Hall–Kier alpha value is -0.100. The molecule has 0 saturated carbocycles. The van der Waals surface area contributed by atoms with Gasteiger partial charge in [-0.25, -0.2) is 0 Å².